The highest BCUT2D eigenvalue weighted by Crippen LogP contribution is 2.51. The Morgan fingerprint density at radius 2 is 0.721 bits per heavy atom. The van der Waals surface area contributed by atoms with E-state index in [1.54, 1.807) is 0 Å². The Kier molecular flexibility index (Phi) is 7.96. The van der Waals surface area contributed by atoms with Crippen molar-refractivity contribution in [2.45, 2.75) is 38.5 Å². The predicted octanol–water partition coefficient (Wildman–Crippen LogP) is 14.5. The third kappa shape index (κ3) is 5.44. The van der Waals surface area contributed by atoms with E-state index in [0.717, 1.165) is 49.9 Å². The number of aromatic nitrogens is 7. The van der Waals surface area contributed by atoms with Crippen molar-refractivity contribution < 1.29 is 0 Å². The second-order valence-corrected chi connectivity index (χ2v) is 19.4. The minimum atomic E-state index is -0.278. The molecule has 5 aromatic heterocycles. The molecule has 7 aromatic carbocycles. The molecule has 0 N–H and O–H groups in total. The summed E-state index contributed by atoms with van der Waals surface area (Å²) in [5.41, 5.74) is 18.9. The van der Waals surface area contributed by atoms with Crippen LogP contribution in [0.4, 0.5) is 0 Å². The van der Waals surface area contributed by atoms with Gasteiger partial charge in [-0.1, -0.05) is 119 Å². The fraction of sp³-hybridized carbons (Fsp3) is 0.0984. The molecule has 0 atom stereocenters. The van der Waals surface area contributed by atoms with Crippen molar-refractivity contribution in [3.63, 3.8) is 0 Å². The quantitative estimate of drug-likeness (QED) is 0.172. The maximum absolute atomic E-state index is 5.38. The molecule has 2 aliphatic rings. The van der Waals surface area contributed by atoms with Crippen LogP contribution in [-0.4, -0.2) is 34.1 Å². The van der Waals surface area contributed by atoms with Crippen LogP contribution in [-0.2, 0) is 10.8 Å². The first-order chi connectivity index (χ1) is 33.2. The smallest absolute Gasteiger partial charge is 0.164 e. The lowest BCUT2D eigenvalue weighted by Gasteiger charge is -2.34. The average Bonchev–Trinajstić information content (AvgIpc) is 3.90. The Morgan fingerprint density at radius 3 is 1.15 bits per heavy atom. The molecule has 0 fully saturated rings. The monoisotopic (exact) mass is 873 g/mol. The number of fused-ring (bicyclic) bond motifs is 10. The summed E-state index contributed by atoms with van der Waals surface area (Å²) in [7, 11) is 0. The van der Waals surface area contributed by atoms with Crippen LogP contribution in [0.25, 0.3) is 111 Å². The number of pyridine rings is 2. The third-order valence-electron chi connectivity index (χ3n) is 14.9. The first-order valence-electron chi connectivity index (χ1n) is 23.3. The van der Waals surface area contributed by atoms with Crippen LogP contribution < -0.4 is 0 Å². The second-order valence-electron chi connectivity index (χ2n) is 19.4. The fourth-order valence-corrected chi connectivity index (χ4v) is 11.4. The first-order valence-corrected chi connectivity index (χ1v) is 23.3. The summed E-state index contributed by atoms with van der Waals surface area (Å²) < 4.78 is 4.87. The van der Waals surface area contributed by atoms with Crippen molar-refractivity contribution in [2.24, 2.45) is 0 Å². The highest BCUT2D eigenvalue weighted by atomic mass is 15.0. The van der Waals surface area contributed by atoms with Gasteiger partial charge < -0.3 is 9.13 Å². The minimum Gasteiger partial charge on any atom is -0.309 e. The maximum Gasteiger partial charge on any atom is 0.164 e. The van der Waals surface area contributed by atoms with Gasteiger partial charge >= 0.3 is 0 Å². The molecule has 0 bridgehead atoms. The van der Waals surface area contributed by atoms with Gasteiger partial charge in [-0.2, -0.15) is 0 Å². The van der Waals surface area contributed by atoms with Gasteiger partial charge in [-0.05, 0) is 106 Å². The van der Waals surface area contributed by atoms with Crippen LogP contribution in [0.2, 0.25) is 0 Å². The van der Waals surface area contributed by atoms with Gasteiger partial charge in [0, 0.05) is 85.0 Å². The zero-order valence-corrected chi connectivity index (χ0v) is 38.0. The van der Waals surface area contributed by atoms with Gasteiger partial charge in [0.05, 0.1) is 33.4 Å². The fourth-order valence-electron chi connectivity index (χ4n) is 11.4. The molecule has 0 saturated heterocycles. The van der Waals surface area contributed by atoms with Gasteiger partial charge in [0.1, 0.15) is 0 Å². The maximum atomic E-state index is 5.38. The molecular weight excluding hydrogens is 831 g/mol. The van der Waals surface area contributed by atoms with Gasteiger partial charge in [0.25, 0.3) is 0 Å². The molecule has 7 heteroatoms. The summed E-state index contributed by atoms with van der Waals surface area (Å²) in [5.74, 6) is 1.86. The van der Waals surface area contributed by atoms with E-state index in [-0.39, 0.29) is 10.8 Å². The normalized spacial score (nSPS) is 14.1. The molecule has 68 heavy (non-hydrogen) atoms. The molecule has 2 aliphatic heterocycles. The zero-order chi connectivity index (χ0) is 45.5. The van der Waals surface area contributed by atoms with E-state index in [4.69, 9.17) is 15.0 Å². The van der Waals surface area contributed by atoms with E-state index in [1.165, 1.54) is 66.3 Å². The molecule has 14 rings (SSSR count). The number of nitrogens with zero attached hydrogens (tertiary/aromatic N) is 7. The van der Waals surface area contributed by atoms with Gasteiger partial charge in [-0.3, -0.25) is 9.97 Å². The van der Waals surface area contributed by atoms with Crippen molar-refractivity contribution in [2.75, 3.05) is 0 Å². The lowest BCUT2D eigenvalue weighted by atomic mass is 9.74. The van der Waals surface area contributed by atoms with Crippen molar-refractivity contribution >= 4 is 43.6 Å². The number of hydrogen-bond acceptors (Lipinski definition) is 5. The Labute approximate surface area is 393 Å². The van der Waals surface area contributed by atoms with Crippen LogP contribution in [0.5, 0.6) is 0 Å². The molecule has 7 heterocycles. The molecule has 322 valence electrons. The summed E-state index contributed by atoms with van der Waals surface area (Å²) in [6, 6.07) is 58.8. The number of hydrogen-bond donors (Lipinski definition) is 0. The van der Waals surface area contributed by atoms with Gasteiger partial charge in [0.2, 0.25) is 0 Å². The standard InChI is InChI=1S/C61H43N7/c1-60(2)47-32-41(36-14-8-5-9-15-36)30-45-43-28-39(20-22-51(43)67(55(45)47)53-24-26-62-34-49(53)60)58-64-57(38-18-12-7-13-19-38)65-59(66-58)40-21-23-52-44(29-40)46-31-42(37-16-10-6-11-17-37)33-48-56(46)68(52)54-25-27-63-35-50(54)61(48,3)4/h5-35H,1-4H3. The summed E-state index contributed by atoms with van der Waals surface area (Å²) in [4.78, 5) is 25.2. The summed E-state index contributed by atoms with van der Waals surface area (Å²) in [6.07, 6.45) is 7.89. The van der Waals surface area contributed by atoms with Gasteiger partial charge in [0.15, 0.2) is 17.5 Å². The zero-order valence-electron chi connectivity index (χ0n) is 38.0. The summed E-state index contributed by atoms with van der Waals surface area (Å²) in [5, 5.41) is 4.67. The Bertz CT molecular complexity index is 3830. The Morgan fingerprint density at radius 1 is 0.338 bits per heavy atom. The predicted molar refractivity (Wildman–Crippen MR) is 276 cm³/mol. The first kappa shape index (κ1) is 38.7. The van der Waals surface area contributed by atoms with Crippen LogP contribution in [0.1, 0.15) is 49.9 Å². The van der Waals surface area contributed by atoms with E-state index in [0.29, 0.717) is 17.5 Å². The van der Waals surface area contributed by atoms with E-state index in [2.05, 4.69) is 192 Å². The summed E-state index contributed by atoms with van der Waals surface area (Å²) in [6.45, 7) is 9.29. The number of benzene rings is 7. The van der Waals surface area contributed by atoms with Crippen molar-refractivity contribution in [3.05, 3.63) is 211 Å². The van der Waals surface area contributed by atoms with Crippen LogP contribution in [0, 0.1) is 0 Å². The molecular formula is C61H43N7. The van der Waals surface area contributed by atoms with Crippen molar-refractivity contribution in [3.8, 4) is 67.8 Å². The molecule has 0 amide bonds. The molecule has 0 aliphatic carbocycles. The van der Waals surface area contributed by atoms with Crippen molar-refractivity contribution in [1.82, 2.24) is 34.1 Å². The van der Waals surface area contributed by atoms with Gasteiger partial charge in [-0.15, -0.1) is 0 Å². The van der Waals surface area contributed by atoms with Crippen LogP contribution >= 0.6 is 0 Å². The van der Waals surface area contributed by atoms with Gasteiger partial charge in [-0.25, -0.2) is 15.0 Å². The van der Waals surface area contributed by atoms with E-state index < -0.39 is 0 Å². The molecule has 12 aromatic rings. The Hall–Kier alpha value is -8.55. The van der Waals surface area contributed by atoms with E-state index in [9.17, 15) is 0 Å². The highest BCUT2D eigenvalue weighted by Gasteiger charge is 2.38. The van der Waals surface area contributed by atoms with Crippen LogP contribution in [0.3, 0.4) is 0 Å². The second kappa shape index (κ2) is 14.0. The largest absolute Gasteiger partial charge is 0.309 e. The molecule has 7 nitrogen and oxygen atoms in total. The van der Waals surface area contributed by atoms with Crippen molar-refractivity contribution in [1.29, 1.82) is 0 Å². The summed E-state index contributed by atoms with van der Waals surface area (Å²) >= 11 is 0. The minimum absolute atomic E-state index is 0.278. The Balaban J connectivity index is 1.01. The molecule has 0 saturated carbocycles. The lowest BCUT2D eigenvalue weighted by molar-refractivity contribution is 0.626. The van der Waals surface area contributed by atoms with E-state index in [1.807, 2.05) is 43.0 Å². The highest BCUT2D eigenvalue weighted by molar-refractivity contribution is 6.15. The van der Waals surface area contributed by atoms with Crippen LogP contribution in [0.15, 0.2) is 189 Å². The average molecular weight is 874 g/mol. The third-order valence-corrected chi connectivity index (χ3v) is 14.9. The topological polar surface area (TPSA) is 74.3 Å². The molecule has 0 radical (unpaired) electrons. The molecule has 0 spiro atoms. The molecule has 0 unspecified atom stereocenters. The number of rotatable bonds is 5. The lowest BCUT2D eigenvalue weighted by Crippen LogP contribution is -2.26. The SMILES string of the molecule is CC1(C)c2cnccc2-n2c3ccc(-c4nc(-c5ccccc5)nc(-c5ccc6c(c5)c5cc(-c7ccccc7)cc7c5n6-c5ccncc5C7(C)C)n4)cc3c3cc(-c4ccccc4)cc1c32. The van der Waals surface area contributed by atoms with E-state index >= 15 is 0 Å².